The first-order valence-electron chi connectivity index (χ1n) is 6.94. The van der Waals surface area contributed by atoms with Gasteiger partial charge in [0.15, 0.2) is 0 Å². The van der Waals surface area contributed by atoms with Crippen molar-refractivity contribution in [1.29, 1.82) is 0 Å². The highest BCUT2D eigenvalue weighted by Crippen LogP contribution is 2.19. The number of para-hydroxylation sites is 2. The van der Waals surface area contributed by atoms with Crippen molar-refractivity contribution in [2.45, 2.75) is 26.4 Å². The summed E-state index contributed by atoms with van der Waals surface area (Å²) in [7, 11) is 0. The van der Waals surface area contributed by atoms with Crippen molar-refractivity contribution in [2.24, 2.45) is 0 Å². The van der Waals surface area contributed by atoms with Crippen molar-refractivity contribution < 1.29 is 0 Å². The molecule has 0 aliphatic carbocycles. The van der Waals surface area contributed by atoms with Gasteiger partial charge in [-0.25, -0.2) is 4.98 Å². The average Bonchev–Trinajstić information content (AvgIpc) is 3.17. The molecule has 0 fully saturated rings. The Morgan fingerprint density at radius 1 is 1.24 bits per heavy atom. The number of rotatable bonds is 6. The molecule has 0 atom stereocenters. The fourth-order valence-corrected chi connectivity index (χ4v) is 2.22. The van der Waals surface area contributed by atoms with E-state index in [-0.39, 0.29) is 0 Å². The summed E-state index contributed by atoms with van der Waals surface area (Å²) in [4.78, 5) is 4.40. The fourth-order valence-electron chi connectivity index (χ4n) is 2.22. The van der Waals surface area contributed by atoms with Crippen molar-refractivity contribution in [1.82, 2.24) is 29.8 Å². The van der Waals surface area contributed by atoms with Gasteiger partial charge in [-0.15, -0.1) is 5.10 Å². The van der Waals surface area contributed by atoms with Gasteiger partial charge < -0.3 is 9.88 Å². The zero-order chi connectivity index (χ0) is 14.5. The summed E-state index contributed by atoms with van der Waals surface area (Å²) >= 11 is 0. The number of imidazole rings is 1. The Morgan fingerprint density at radius 2 is 2.14 bits per heavy atom. The summed E-state index contributed by atoms with van der Waals surface area (Å²) in [6.45, 7) is 3.79. The molecule has 1 N–H and O–H groups in total. The minimum Gasteiger partial charge on any atom is -0.376 e. The molecule has 0 saturated carbocycles. The van der Waals surface area contributed by atoms with Gasteiger partial charge in [0.1, 0.15) is 12.2 Å². The average molecular weight is 283 g/mol. The van der Waals surface area contributed by atoms with Crippen LogP contribution in [0.3, 0.4) is 0 Å². The number of aromatic nitrogens is 6. The standard InChI is InChI=1S/C14H17N7/c1-2-8-20-9-7-15-14(20)10-16-12-5-3-4-6-13(12)21-11-17-18-19-21/h3-7,9,11,16H,2,8,10H2,1H3. The molecule has 0 unspecified atom stereocenters. The number of nitrogens with zero attached hydrogens (tertiary/aromatic N) is 6. The Balaban J connectivity index is 1.78. The summed E-state index contributed by atoms with van der Waals surface area (Å²) < 4.78 is 3.80. The second-order valence-corrected chi connectivity index (χ2v) is 4.66. The third kappa shape index (κ3) is 2.91. The van der Waals surface area contributed by atoms with E-state index in [0.717, 1.165) is 30.2 Å². The van der Waals surface area contributed by atoms with E-state index in [1.807, 2.05) is 36.7 Å². The normalized spacial score (nSPS) is 10.7. The Morgan fingerprint density at radius 3 is 2.95 bits per heavy atom. The lowest BCUT2D eigenvalue weighted by atomic mass is 10.2. The van der Waals surface area contributed by atoms with Gasteiger partial charge in [-0.2, -0.15) is 4.68 Å². The molecular formula is C14H17N7. The minimum atomic E-state index is 0.659. The van der Waals surface area contributed by atoms with Crippen LogP contribution in [-0.4, -0.2) is 29.8 Å². The molecular weight excluding hydrogens is 266 g/mol. The molecule has 0 amide bonds. The van der Waals surface area contributed by atoms with Crippen LogP contribution in [0.5, 0.6) is 0 Å². The minimum absolute atomic E-state index is 0.659. The second kappa shape index (κ2) is 6.17. The van der Waals surface area contributed by atoms with Crippen molar-refractivity contribution in [3.63, 3.8) is 0 Å². The summed E-state index contributed by atoms with van der Waals surface area (Å²) in [5.74, 6) is 1.02. The van der Waals surface area contributed by atoms with Crippen LogP contribution in [0, 0.1) is 0 Å². The molecule has 7 heteroatoms. The van der Waals surface area contributed by atoms with Crippen molar-refractivity contribution in [2.75, 3.05) is 5.32 Å². The van der Waals surface area contributed by atoms with Gasteiger partial charge in [0.05, 0.1) is 17.9 Å². The lowest BCUT2D eigenvalue weighted by Crippen LogP contribution is -2.10. The highest BCUT2D eigenvalue weighted by atomic mass is 15.5. The summed E-state index contributed by atoms with van der Waals surface area (Å²) in [5, 5.41) is 14.7. The lowest BCUT2D eigenvalue weighted by molar-refractivity contribution is 0.644. The van der Waals surface area contributed by atoms with Crippen LogP contribution in [0.4, 0.5) is 5.69 Å². The summed E-state index contributed by atoms with van der Waals surface area (Å²) in [6, 6.07) is 7.91. The van der Waals surface area contributed by atoms with Crippen LogP contribution in [0.15, 0.2) is 43.0 Å². The SMILES string of the molecule is CCCn1ccnc1CNc1ccccc1-n1cnnn1. The summed E-state index contributed by atoms with van der Waals surface area (Å²) in [5.41, 5.74) is 1.88. The van der Waals surface area contributed by atoms with Gasteiger partial charge in [-0.1, -0.05) is 19.1 Å². The van der Waals surface area contributed by atoms with E-state index in [2.05, 4.69) is 37.3 Å². The number of hydrogen-bond donors (Lipinski definition) is 1. The number of tetrazole rings is 1. The molecule has 3 rings (SSSR count). The maximum atomic E-state index is 4.40. The van der Waals surface area contributed by atoms with Gasteiger partial charge in [-0.05, 0) is 29.0 Å². The third-order valence-electron chi connectivity index (χ3n) is 3.20. The van der Waals surface area contributed by atoms with Gasteiger partial charge in [0.25, 0.3) is 0 Å². The number of benzene rings is 1. The fraction of sp³-hybridized carbons (Fsp3) is 0.286. The van der Waals surface area contributed by atoms with E-state index < -0.39 is 0 Å². The first kappa shape index (κ1) is 13.3. The quantitative estimate of drug-likeness (QED) is 0.747. The van der Waals surface area contributed by atoms with E-state index >= 15 is 0 Å². The first-order chi connectivity index (χ1) is 10.4. The largest absolute Gasteiger partial charge is 0.376 e. The van der Waals surface area contributed by atoms with Gasteiger partial charge in [0.2, 0.25) is 0 Å². The number of anilines is 1. The second-order valence-electron chi connectivity index (χ2n) is 4.66. The lowest BCUT2D eigenvalue weighted by Gasteiger charge is -2.12. The highest BCUT2D eigenvalue weighted by Gasteiger charge is 2.07. The topological polar surface area (TPSA) is 73.5 Å². The molecule has 2 heterocycles. The van der Waals surface area contributed by atoms with Gasteiger partial charge >= 0.3 is 0 Å². The van der Waals surface area contributed by atoms with Crippen LogP contribution in [0.2, 0.25) is 0 Å². The van der Waals surface area contributed by atoms with Crippen LogP contribution in [0.1, 0.15) is 19.2 Å². The molecule has 1 aromatic carbocycles. The molecule has 0 aliphatic rings. The van der Waals surface area contributed by atoms with Crippen LogP contribution < -0.4 is 5.32 Å². The molecule has 108 valence electrons. The number of aryl methyl sites for hydroxylation is 1. The monoisotopic (exact) mass is 283 g/mol. The van der Waals surface area contributed by atoms with E-state index in [1.54, 1.807) is 11.0 Å². The number of nitrogens with one attached hydrogen (secondary N) is 1. The molecule has 0 radical (unpaired) electrons. The molecule has 0 aliphatic heterocycles. The van der Waals surface area contributed by atoms with Crippen LogP contribution in [0.25, 0.3) is 5.69 Å². The van der Waals surface area contributed by atoms with Crippen LogP contribution >= 0.6 is 0 Å². The summed E-state index contributed by atoms with van der Waals surface area (Å²) in [6.07, 6.45) is 6.51. The first-order valence-corrected chi connectivity index (χ1v) is 6.94. The van der Waals surface area contributed by atoms with E-state index in [4.69, 9.17) is 0 Å². The molecule has 21 heavy (non-hydrogen) atoms. The van der Waals surface area contributed by atoms with Gasteiger partial charge in [-0.3, -0.25) is 0 Å². The zero-order valence-corrected chi connectivity index (χ0v) is 11.8. The Hall–Kier alpha value is -2.70. The third-order valence-corrected chi connectivity index (χ3v) is 3.20. The van der Waals surface area contributed by atoms with Crippen molar-refractivity contribution in [3.8, 4) is 5.69 Å². The van der Waals surface area contributed by atoms with Crippen molar-refractivity contribution >= 4 is 5.69 Å². The molecule has 7 nitrogen and oxygen atoms in total. The maximum Gasteiger partial charge on any atom is 0.143 e. The zero-order valence-electron chi connectivity index (χ0n) is 11.8. The maximum absolute atomic E-state index is 4.40. The van der Waals surface area contributed by atoms with E-state index in [1.165, 1.54) is 0 Å². The predicted molar refractivity (Wildman–Crippen MR) is 79.0 cm³/mol. The van der Waals surface area contributed by atoms with Crippen molar-refractivity contribution in [3.05, 3.63) is 48.8 Å². The molecule has 2 aromatic heterocycles. The predicted octanol–water partition coefficient (Wildman–Crippen LogP) is 1.88. The molecule has 0 saturated heterocycles. The van der Waals surface area contributed by atoms with Gasteiger partial charge in [0, 0.05) is 18.9 Å². The number of hydrogen-bond acceptors (Lipinski definition) is 5. The molecule has 0 bridgehead atoms. The smallest absolute Gasteiger partial charge is 0.143 e. The van der Waals surface area contributed by atoms with E-state index in [9.17, 15) is 0 Å². The highest BCUT2D eigenvalue weighted by molar-refractivity contribution is 5.60. The van der Waals surface area contributed by atoms with Crippen LogP contribution in [-0.2, 0) is 13.1 Å². The Bertz CT molecular complexity index is 687. The Kier molecular flexibility index (Phi) is 3.90. The van der Waals surface area contributed by atoms with E-state index in [0.29, 0.717) is 6.54 Å². The molecule has 3 aromatic rings. The Labute approximate surface area is 122 Å². The molecule has 0 spiro atoms.